The molecule has 4 aromatic rings. The standard InChI is InChI=1S/C21H16N2O.BrH/c24-20-12-6-5-11-19(20)23-14-13-22-18-10-4-3-8-16(18)15-7-1-2-9-17(15)21(22)23;/h1-12H,13-14H2;1H. The highest BCUT2D eigenvalue weighted by atomic mass is 79.9. The van der Waals surface area contributed by atoms with Crippen LogP contribution in [-0.4, -0.2) is 11.7 Å². The number of halogens is 1. The molecule has 2 heterocycles. The summed E-state index contributed by atoms with van der Waals surface area (Å²) in [6.45, 7) is 1.77. The highest BCUT2D eigenvalue weighted by molar-refractivity contribution is 6.08. The molecule has 0 spiro atoms. The van der Waals surface area contributed by atoms with Gasteiger partial charge in [-0.25, -0.2) is 9.47 Å². The topological polar surface area (TPSA) is 27.3 Å². The molecule has 3 aromatic carbocycles. The number of para-hydroxylation sites is 3. The van der Waals surface area contributed by atoms with Crippen LogP contribution in [0.5, 0.6) is 5.75 Å². The molecule has 5 rings (SSSR count). The number of fused-ring (bicyclic) bond motifs is 6. The Kier molecular flexibility index (Phi) is 3.85. The van der Waals surface area contributed by atoms with E-state index < -0.39 is 0 Å². The van der Waals surface area contributed by atoms with Gasteiger partial charge in [0.15, 0.2) is 11.4 Å². The average molecular weight is 393 g/mol. The quantitative estimate of drug-likeness (QED) is 0.388. The van der Waals surface area contributed by atoms with Gasteiger partial charge in [-0.05, 0) is 24.3 Å². The van der Waals surface area contributed by atoms with Crippen LogP contribution in [0.1, 0.15) is 0 Å². The zero-order valence-electron chi connectivity index (χ0n) is 13.6. The maximum absolute atomic E-state index is 10.3. The molecule has 0 bridgehead atoms. The van der Waals surface area contributed by atoms with Crippen LogP contribution in [0.4, 0.5) is 11.5 Å². The third-order valence-electron chi connectivity index (χ3n) is 4.88. The third-order valence-corrected chi connectivity index (χ3v) is 4.88. The molecule has 0 fully saturated rings. The molecule has 1 aliphatic rings. The van der Waals surface area contributed by atoms with E-state index in [1.807, 2.05) is 18.2 Å². The van der Waals surface area contributed by atoms with Crippen molar-refractivity contribution in [1.82, 2.24) is 0 Å². The van der Waals surface area contributed by atoms with Gasteiger partial charge in [0, 0.05) is 10.8 Å². The second-order valence-electron chi connectivity index (χ2n) is 6.18. The molecule has 0 aliphatic carbocycles. The Morgan fingerprint density at radius 2 is 1.40 bits per heavy atom. The minimum absolute atomic E-state index is 0. The van der Waals surface area contributed by atoms with Crippen molar-refractivity contribution in [3.63, 3.8) is 0 Å². The van der Waals surface area contributed by atoms with Crippen LogP contribution in [0.15, 0.2) is 72.8 Å². The van der Waals surface area contributed by atoms with Crippen LogP contribution in [0.3, 0.4) is 0 Å². The Morgan fingerprint density at radius 3 is 2.20 bits per heavy atom. The fraction of sp³-hybridized carbons (Fsp3) is 0.0952. The van der Waals surface area contributed by atoms with E-state index in [1.54, 1.807) is 6.07 Å². The van der Waals surface area contributed by atoms with Gasteiger partial charge in [0.1, 0.15) is 18.6 Å². The molecule has 4 heteroatoms. The number of hydrogen-bond acceptors (Lipinski definition) is 2. The molecule has 0 unspecified atom stereocenters. The van der Waals surface area contributed by atoms with Gasteiger partial charge in [-0.15, -0.1) is 0 Å². The summed E-state index contributed by atoms with van der Waals surface area (Å²) in [5.41, 5.74) is 2.10. The minimum atomic E-state index is 0. The Morgan fingerprint density at radius 1 is 0.760 bits per heavy atom. The van der Waals surface area contributed by atoms with Gasteiger partial charge < -0.3 is 22.1 Å². The van der Waals surface area contributed by atoms with Crippen molar-refractivity contribution in [2.24, 2.45) is 0 Å². The van der Waals surface area contributed by atoms with Crippen LogP contribution >= 0.6 is 0 Å². The van der Waals surface area contributed by atoms with Gasteiger partial charge in [-0.1, -0.05) is 48.5 Å². The van der Waals surface area contributed by atoms with Crippen LogP contribution in [0, 0.1) is 0 Å². The number of aromatic hydroxyl groups is 1. The maximum Gasteiger partial charge on any atom is 0.290 e. The van der Waals surface area contributed by atoms with E-state index in [9.17, 15) is 5.11 Å². The molecule has 0 radical (unpaired) electrons. The van der Waals surface area contributed by atoms with Gasteiger partial charge in [-0.2, -0.15) is 0 Å². The first-order chi connectivity index (χ1) is 11.8. The predicted molar refractivity (Wildman–Crippen MR) is 96.8 cm³/mol. The zero-order valence-corrected chi connectivity index (χ0v) is 15.1. The molecular formula is C21H17BrN2O. The van der Waals surface area contributed by atoms with Crippen molar-refractivity contribution in [2.75, 3.05) is 11.4 Å². The number of benzene rings is 3. The van der Waals surface area contributed by atoms with Crippen LogP contribution in [-0.2, 0) is 6.54 Å². The Bertz CT molecular complexity index is 1090. The van der Waals surface area contributed by atoms with Crippen molar-refractivity contribution in [3.05, 3.63) is 72.8 Å². The van der Waals surface area contributed by atoms with Crippen LogP contribution < -0.4 is 26.4 Å². The summed E-state index contributed by atoms with van der Waals surface area (Å²) >= 11 is 0. The average Bonchev–Trinajstić information content (AvgIpc) is 3.08. The molecular weight excluding hydrogens is 376 g/mol. The number of anilines is 2. The number of rotatable bonds is 1. The molecule has 25 heavy (non-hydrogen) atoms. The normalized spacial score (nSPS) is 13.0. The lowest BCUT2D eigenvalue weighted by atomic mass is 10.1. The molecule has 1 aliphatic heterocycles. The van der Waals surface area contributed by atoms with Gasteiger partial charge in [0.25, 0.3) is 5.82 Å². The number of hydrogen-bond donors (Lipinski definition) is 1. The van der Waals surface area contributed by atoms with Gasteiger partial charge in [0.2, 0.25) is 0 Å². The highest BCUT2D eigenvalue weighted by Gasteiger charge is 2.34. The fourth-order valence-electron chi connectivity index (χ4n) is 3.86. The van der Waals surface area contributed by atoms with E-state index >= 15 is 0 Å². The molecule has 0 amide bonds. The van der Waals surface area contributed by atoms with E-state index in [4.69, 9.17) is 0 Å². The van der Waals surface area contributed by atoms with E-state index in [0.29, 0.717) is 5.75 Å². The van der Waals surface area contributed by atoms with Crippen molar-refractivity contribution in [1.29, 1.82) is 0 Å². The summed E-state index contributed by atoms with van der Waals surface area (Å²) < 4.78 is 2.37. The number of phenols is 1. The summed E-state index contributed by atoms with van der Waals surface area (Å²) in [5, 5.41) is 14.1. The smallest absolute Gasteiger partial charge is 0.290 e. The lowest BCUT2D eigenvalue weighted by Gasteiger charge is -2.14. The van der Waals surface area contributed by atoms with E-state index in [0.717, 1.165) is 24.6 Å². The lowest BCUT2D eigenvalue weighted by molar-refractivity contribution is -0.643. The highest BCUT2D eigenvalue weighted by Crippen LogP contribution is 2.38. The number of aromatic nitrogens is 1. The predicted octanol–water partition coefficient (Wildman–Crippen LogP) is 1.14. The van der Waals surface area contributed by atoms with E-state index in [2.05, 4.69) is 58.0 Å². The SMILES string of the molecule is Oc1ccccc1N1CC[n+]2c1c1ccccc1c1ccccc12.[Br-]. The Hall–Kier alpha value is -2.59. The summed E-state index contributed by atoms with van der Waals surface area (Å²) in [6.07, 6.45) is 0. The Balaban J connectivity index is 0.00000157. The second-order valence-corrected chi connectivity index (χ2v) is 6.18. The van der Waals surface area contributed by atoms with Crippen molar-refractivity contribution in [3.8, 4) is 5.75 Å². The minimum Gasteiger partial charge on any atom is -1.00 e. The van der Waals surface area contributed by atoms with Crippen molar-refractivity contribution >= 4 is 33.2 Å². The second kappa shape index (κ2) is 6.05. The first-order valence-corrected chi connectivity index (χ1v) is 8.23. The number of pyridine rings is 1. The van der Waals surface area contributed by atoms with E-state index in [-0.39, 0.29) is 17.0 Å². The molecule has 1 N–H and O–H groups in total. The van der Waals surface area contributed by atoms with Crippen molar-refractivity contribution < 1.29 is 26.7 Å². The monoisotopic (exact) mass is 392 g/mol. The lowest BCUT2D eigenvalue weighted by Crippen LogP contribution is -3.00. The summed E-state index contributed by atoms with van der Waals surface area (Å²) in [7, 11) is 0. The number of nitrogens with zero attached hydrogens (tertiary/aromatic N) is 2. The van der Waals surface area contributed by atoms with Gasteiger partial charge >= 0.3 is 0 Å². The maximum atomic E-state index is 10.3. The van der Waals surface area contributed by atoms with Gasteiger partial charge in [0.05, 0.1) is 5.39 Å². The first-order valence-electron chi connectivity index (χ1n) is 8.23. The molecule has 0 saturated heterocycles. The zero-order chi connectivity index (χ0) is 16.1. The largest absolute Gasteiger partial charge is 1.00 e. The van der Waals surface area contributed by atoms with Gasteiger partial charge in [-0.3, -0.25) is 0 Å². The van der Waals surface area contributed by atoms with Crippen LogP contribution in [0.2, 0.25) is 0 Å². The van der Waals surface area contributed by atoms with E-state index in [1.165, 1.54) is 21.7 Å². The summed E-state index contributed by atoms with van der Waals surface area (Å²) in [5.74, 6) is 1.48. The Labute approximate surface area is 156 Å². The fourth-order valence-corrected chi connectivity index (χ4v) is 3.86. The molecule has 1 aromatic heterocycles. The number of phenolic OH excluding ortho intramolecular Hbond substituents is 1. The molecule has 0 saturated carbocycles. The molecule has 0 atom stereocenters. The first kappa shape index (κ1) is 15.9. The third kappa shape index (κ3) is 2.29. The summed E-state index contributed by atoms with van der Waals surface area (Å²) in [4.78, 5) is 2.23. The van der Waals surface area contributed by atoms with Crippen LogP contribution in [0.25, 0.3) is 21.7 Å². The molecule has 124 valence electrons. The molecule has 3 nitrogen and oxygen atoms in total. The summed E-state index contributed by atoms with van der Waals surface area (Å²) in [6, 6.07) is 24.6. The van der Waals surface area contributed by atoms with Crippen molar-refractivity contribution in [2.45, 2.75) is 6.54 Å².